The normalized spacial score (nSPS) is 17.3. The van der Waals surface area contributed by atoms with Crippen LogP contribution in [0, 0.1) is 6.92 Å². The number of alkyl halides is 3. The molecule has 1 fully saturated rings. The first-order valence-electron chi connectivity index (χ1n) is 6.38. The standard InChI is InChI=1S/C13H18F3N3/c1-3-10-4-12(17-5-9(10)2)18-11-6-19(7-11)8-13(14,15)16/h4-5,11H,3,6-8H2,1-2H3,(H,17,18). The molecule has 1 aliphatic rings. The van der Waals surface area contributed by atoms with Crippen molar-refractivity contribution in [2.24, 2.45) is 0 Å². The molecule has 1 aromatic rings. The molecule has 1 N–H and O–H groups in total. The SMILES string of the molecule is CCc1cc(NC2CN(CC(F)(F)F)C2)ncc1C. The van der Waals surface area contributed by atoms with Crippen LogP contribution in [-0.4, -0.2) is 41.7 Å². The van der Waals surface area contributed by atoms with Crippen molar-refractivity contribution in [3.8, 4) is 0 Å². The number of likely N-dealkylation sites (tertiary alicyclic amines) is 1. The van der Waals surface area contributed by atoms with Gasteiger partial charge in [0.2, 0.25) is 0 Å². The molecule has 0 bridgehead atoms. The number of halogens is 3. The predicted octanol–water partition coefficient (Wildman–Crippen LogP) is 2.61. The summed E-state index contributed by atoms with van der Waals surface area (Å²) in [6.45, 7) is 4.07. The molecular weight excluding hydrogens is 255 g/mol. The lowest BCUT2D eigenvalue weighted by molar-refractivity contribution is -0.153. The van der Waals surface area contributed by atoms with Crippen LogP contribution in [0.2, 0.25) is 0 Å². The van der Waals surface area contributed by atoms with Gasteiger partial charge in [0.15, 0.2) is 0 Å². The second-order valence-corrected chi connectivity index (χ2v) is 5.00. The Hall–Kier alpha value is -1.30. The Morgan fingerprint density at radius 3 is 2.68 bits per heavy atom. The average Bonchev–Trinajstić information content (AvgIpc) is 2.27. The summed E-state index contributed by atoms with van der Waals surface area (Å²) in [5.41, 5.74) is 2.35. The van der Waals surface area contributed by atoms with Crippen LogP contribution in [0.5, 0.6) is 0 Å². The molecule has 2 rings (SSSR count). The summed E-state index contributed by atoms with van der Waals surface area (Å²) < 4.78 is 36.4. The van der Waals surface area contributed by atoms with Crippen molar-refractivity contribution in [2.45, 2.75) is 32.5 Å². The topological polar surface area (TPSA) is 28.2 Å². The zero-order chi connectivity index (χ0) is 14.0. The third-order valence-electron chi connectivity index (χ3n) is 3.31. The van der Waals surface area contributed by atoms with Gasteiger partial charge in [-0.25, -0.2) is 4.98 Å². The average molecular weight is 273 g/mol. The summed E-state index contributed by atoms with van der Waals surface area (Å²) >= 11 is 0. The molecule has 0 atom stereocenters. The maximum atomic E-state index is 12.1. The molecule has 3 nitrogen and oxygen atoms in total. The molecule has 1 aromatic heterocycles. The molecule has 0 amide bonds. The number of nitrogens with zero attached hydrogens (tertiary/aromatic N) is 2. The van der Waals surface area contributed by atoms with Crippen LogP contribution in [0.1, 0.15) is 18.1 Å². The molecular formula is C13H18F3N3. The van der Waals surface area contributed by atoms with Gasteiger partial charge in [0.25, 0.3) is 0 Å². The molecule has 106 valence electrons. The van der Waals surface area contributed by atoms with E-state index in [0.29, 0.717) is 13.1 Å². The quantitative estimate of drug-likeness (QED) is 0.914. The lowest BCUT2D eigenvalue weighted by Gasteiger charge is -2.40. The molecule has 2 heterocycles. The number of aromatic nitrogens is 1. The number of anilines is 1. The molecule has 1 saturated heterocycles. The summed E-state index contributed by atoms with van der Waals surface area (Å²) in [6.07, 6.45) is -1.39. The number of rotatable bonds is 4. The van der Waals surface area contributed by atoms with Crippen LogP contribution < -0.4 is 5.32 Å². The summed E-state index contributed by atoms with van der Waals surface area (Å²) in [5, 5.41) is 3.18. The molecule has 0 spiro atoms. The Balaban J connectivity index is 1.84. The first-order valence-corrected chi connectivity index (χ1v) is 6.38. The molecule has 6 heteroatoms. The summed E-state index contributed by atoms with van der Waals surface area (Å²) in [4.78, 5) is 5.64. The second-order valence-electron chi connectivity index (χ2n) is 5.00. The highest BCUT2D eigenvalue weighted by atomic mass is 19.4. The fourth-order valence-corrected chi connectivity index (χ4v) is 2.28. The van der Waals surface area contributed by atoms with Gasteiger partial charge in [0.1, 0.15) is 5.82 Å². The van der Waals surface area contributed by atoms with Crippen molar-refractivity contribution >= 4 is 5.82 Å². The third-order valence-corrected chi connectivity index (χ3v) is 3.31. The van der Waals surface area contributed by atoms with E-state index in [1.807, 2.05) is 13.0 Å². The van der Waals surface area contributed by atoms with E-state index >= 15 is 0 Å². The largest absolute Gasteiger partial charge is 0.401 e. The smallest absolute Gasteiger partial charge is 0.365 e. The van der Waals surface area contributed by atoms with Crippen LogP contribution in [0.3, 0.4) is 0 Å². The van der Waals surface area contributed by atoms with E-state index in [1.54, 1.807) is 6.20 Å². The second kappa shape index (κ2) is 5.36. The van der Waals surface area contributed by atoms with Crippen molar-refractivity contribution in [3.05, 3.63) is 23.4 Å². The predicted molar refractivity (Wildman–Crippen MR) is 68.3 cm³/mol. The van der Waals surface area contributed by atoms with Gasteiger partial charge in [-0.15, -0.1) is 0 Å². The lowest BCUT2D eigenvalue weighted by atomic mass is 10.1. The maximum absolute atomic E-state index is 12.1. The number of pyridine rings is 1. The van der Waals surface area contributed by atoms with Gasteiger partial charge in [0.05, 0.1) is 12.6 Å². The Labute approximate surface area is 110 Å². The fourth-order valence-electron chi connectivity index (χ4n) is 2.28. The van der Waals surface area contributed by atoms with E-state index in [-0.39, 0.29) is 6.04 Å². The molecule has 1 aliphatic heterocycles. The molecule has 0 aromatic carbocycles. The van der Waals surface area contributed by atoms with Gasteiger partial charge in [-0.3, -0.25) is 4.90 Å². The zero-order valence-corrected chi connectivity index (χ0v) is 11.1. The maximum Gasteiger partial charge on any atom is 0.401 e. The number of hydrogen-bond donors (Lipinski definition) is 1. The molecule has 0 unspecified atom stereocenters. The first-order chi connectivity index (χ1) is 8.87. The highest BCUT2D eigenvalue weighted by Gasteiger charge is 2.37. The van der Waals surface area contributed by atoms with Crippen LogP contribution in [0.4, 0.5) is 19.0 Å². The van der Waals surface area contributed by atoms with Crippen molar-refractivity contribution in [1.29, 1.82) is 0 Å². The fraction of sp³-hybridized carbons (Fsp3) is 0.615. The highest BCUT2D eigenvalue weighted by Crippen LogP contribution is 2.22. The Kier molecular flexibility index (Phi) is 3.99. The number of nitrogens with one attached hydrogen (secondary N) is 1. The minimum Gasteiger partial charge on any atom is -0.365 e. The molecule has 0 radical (unpaired) electrons. The van der Waals surface area contributed by atoms with Gasteiger partial charge in [0, 0.05) is 19.3 Å². The minimum atomic E-state index is -4.11. The van der Waals surface area contributed by atoms with Crippen molar-refractivity contribution in [1.82, 2.24) is 9.88 Å². The van der Waals surface area contributed by atoms with Crippen molar-refractivity contribution < 1.29 is 13.2 Å². The molecule has 0 saturated carbocycles. The summed E-state index contributed by atoms with van der Waals surface area (Å²) in [6, 6.07) is 2.03. The van der Waals surface area contributed by atoms with E-state index in [0.717, 1.165) is 17.8 Å². The molecule has 19 heavy (non-hydrogen) atoms. The Morgan fingerprint density at radius 1 is 1.42 bits per heavy atom. The number of aryl methyl sites for hydroxylation is 2. The lowest BCUT2D eigenvalue weighted by Crippen LogP contribution is -2.57. The van der Waals surface area contributed by atoms with Crippen molar-refractivity contribution in [3.63, 3.8) is 0 Å². The Morgan fingerprint density at radius 2 is 2.11 bits per heavy atom. The van der Waals surface area contributed by atoms with Gasteiger partial charge in [-0.05, 0) is 30.5 Å². The Bertz CT molecular complexity index is 439. The third kappa shape index (κ3) is 3.83. The van der Waals surface area contributed by atoms with E-state index in [4.69, 9.17) is 0 Å². The number of hydrogen-bond acceptors (Lipinski definition) is 3. The van der Waals surface area contributed by atoms with Gasteiger partial charge in [-0.1, -0.05) is 6.92 Å². The van der Waals surface area contributed by atoms with Gasteiger partial charge in [-0.2, -0.15) is 13.2 Å². The van der Waals surface area contributed by atoms with Gasteiger partial charge < -0.3 is 5.32 Å². The monoisotopic (exact) mass is 273 g/mol. The molecule has 0 aliphatic carbocycles. The highest BCUT2D eigenvalue weighted by molar-refractivity contribution is 5.42. The first kappa shape index (κ1) is 14.1. The summed E-state index contributed by atoms with van der Waals surface area (Å²) in [7, 11) is 0. The summed E-state index contributed by atoms with van der Waals surface area (Å²) in [5.74, 6) is 0.749. The van der Waals surface area contributed by atoms with E-state index < -0.39 is 12.7 Å². The zero-order valence-electron chi connectivity index (χ0n) is 11.1. The van der Waals surface area contributed by atoms with E-state index in [1.165, 1.54) is 10.5 Å². The van der Waals surface area contributed by atoms with Gasteiger partial charge >= 0.3 is 6.18 Å². The van der Waals surface area contributed by atoms with Crippen LogP contribution >= 0.6 is 0 Å². The minimum absolute atomic E-state index is 0.0577. The van der Waals surface area contributed by atoms with Crippen molar-refractivity contribution in [2.75, 3.05) is 25.0 Å². The van der Waals surface area contributed by atoms with Crippen LogP contribution in [0.25, 0.3) is 0 Å². The van der Waals surface area contributed by atoms with E-state index in [9.17, 15) is 13.2 Å². The van der Waals surface area contributed by atoms with Crippen LogP contribution in [-0.2, 0) is 6.42 Å². The van der Waals surface area contributed by atoms with Crippen LogP contribution in [0.15, 0.2) is 12.3 Å². The van der Waals surface area contributed by atoms with E-state index in [2.05, 4.69) is 17.2 Å².